The van der Waals surface area contributed by atoms with Gasteiger partial charge in [0.25, 0.3) is 5.91 Å². The highest BCUT2D eigenvalue weighted by Crippen LogP contribution is 2.38. The van der Waals surface area contributed by atoms with Crippen LogP contribution in [0.2, 0.25) is 0 Å². The van der Waals surface area contributed by atoms with Gasteiger partial charge in [0, 0.05) is 23.1 Å². The van der Waals surface area contributed by atoms with Crippen molar-refractivity contribution in [2.75, 3.05) is 6.54 Å². The number of urea groups is 1. The number of amides is 3. The Kier molecular flexibility index (Phi) is 4.76. The highest BCUT2D eigenvalue weighted by molar-refractivity contribution is 6.11. The van der Waals surface area contributed by atoms with Crippen LogP contribution in [0, 0.1) is 19.8 Å². The van der Waals surface area contributed by atoms with Gasteiger partial charge in [-0.25, -0.2) is 9.78 Å². The minimum absolute atomic E-state index is 0.0713. The highest BCUT2D eigenvalue weighted by atomic mass is 16.2. The number of nitrogens with zero attached hydrogens (tertiary/aromatic N) is 3. The summed E-state index contributed by atoms with van der Waals surface area (Å²) in [5, 5.41) is 2.90. The molecule has 2 aromatic heterocycles. The van der Waals surface area contributed by atoms with Crippen molar-refractivity contribution < 1.29 is 14.4 Å². The van der Waals surface area contributed by atoms with Gasteiger partial charge < -0.3 is 9.88 Å². The number of Topliss-reactive ketones (excluding diaryl/α,β-unsaturated/α-hetero) is 1. The monoisotopic (exact) mass is 394 g/mol. The molecule has 1 aliphatic heterocycles. The van der Waals surface area contributed by atoms with Crippen LogP contribution in [0.1, 0.15) is 54.4 Å². The molecule has 1 saturated carbocycles. The fourth-order valence-corrected chi connectivity index (χ4v) is 4.75. The van der Waals surface area contributed by atoms with Gasteiger partial charge in [-0.3, -0.25) is 14.5 Å². The van der Waals surface area contributed by atoms with Crippen LogP contribution in [-0.4, -0.2) is 44.3 Å². The van der Waals surface area contributed by atoms with Gasteiger partial charge in [0.1, 0.15) is 11.4 Å². The summed E-state index contributed by atoms with van der Waals surface area (Å²) in [5.74, 6) is 0.291. The Morgan fingerprint density at radius 2 is 2.07 bits per heavy atom. The molecule has 1 N–H and O–H groups in total. The number of hydrogen-bond donors (Lipinski definition) is 1. The van der Waals surface area contributed by atoms with E-state index in [9.17, 15) is 14.4 Å². The average Bonchev–Trinajstić information content (AvgIpc) is 3.13. The topological polar surface area (TPSA) is 84.3 Å². The lowest BCUT2D eigenvalue weighted by Crippen LogP contribution is -2.54. The van der Waals surface area contributed by atoms with Crippen LogP contribution in [0.4, 0.5) is 4.79 Å². The van der Waals surface area contributed by atoms with Gasteiger partial charge in [0.15, 0.2) is 5.78 Å². The van der Waals surface area contributed by atoms with Crippen molar-refractivity contribution in [2.24, 2.45) is 5.92 Å². The van der Waals surface area contributed by atoms with Gasteiger partial charge in [0.05, 0.1) is 6.54 Å². The van der Waals surface area contributed by atoms with Gasteiger partial charge in [0.2, 0.25) is 0 Å². The predicted molar refractivity (Wildman–Crippen MR) is 108 cm³/mol. The first-order valence-electron chi connectivity index (χ1n) is 10.1. The Hall–Kier alpha value is -2.96. The molecule has 7 nitrogen and oxygen atoms in total. The van der Waals surface area contributed by atoms with Gasteiger partial charge in [-0.2, -0.15) is 0 Å². The van der Waals surface area contributed by atoms with Crippen molar-refractivity contribution in [1.29, 1.82) is 0 Å². The summed E-state index contributed by atoms with van der Waals surface area (Å²) in [6, 6.07) is 6.93. The summed E-state index contributed by atoms with van der Waals surface area (Å²) in [6.07, 6.45) is 5.21. The third-order valence-corrected chi connectivity index (χ3v) is 6.41. The molecule has 2 fully saturated rings. The summed E-state index contributed by atoms with van der Waals surface area (Å²) < 4.78 is 1.91. The maximum Gasteiger partial charge on any atom is 0.325 e. The van der Waals surface area contributed by atoms with Crippen LogP contribution >= 0.6 is 0 Å². The highest BCUT2D eigenvalue weighted by Gasteiger charge is 2.55. The smallest absolute Gasteiger partial charge is 0.323 e. The molecule has 3 amide bonds. The van der Waals surface area contributed by atoms with E-state index in [1.807, 2.05) is 43.5 Å². The van der Waals surface area contributed by atoms with E-state index in [4.69, 9.17) is 0 Å². The molecule has 0 radical (unpaired) electrons. The third kappa shape index (κ3) is 3.05. The number of carbonyl (C=O) groups is 3. The van der Waals surface area contributed by atoms with E-state index >= 15 is 0 Å². The number of aromatic nitrogens is 2. The number of rotatable bonds is 4. The van der Waals surface area contributed by atoms with Gasteiger partial charge >= 0.3 is 6.03 Å². The first-order chi connectivity index (χ1) is 13.8. The van der Waals surface area contributed by atoms with Gasteiger partial charge in [-0.15, -0.1) is 0 Å². The molecule has 1 aliphatic carbocycles. The molecular weight excluding hydrogens is 368 g/mol. The van der Waals surface area contributed by atoms with Crippen molar-refractivity contribution in [3.63, 3.8) is 0 Å². The summed E-state index contributed by atoms with van der Waals surface area (Å²) in [6.45, 7) is 5.52. The Bertz CT molecular complexity index is 981. The minimum Gasteiger partial charge on any atom is -0.323 e. The van der Waals surface area contributed by atoms with Crippen molar-refractivity contribution in [1.82, 2.24) is 19.8 Å². The van der Waals surface area contributed by atoms with Crippen LogP contribution in [0.15, 0.2) is 30.5 Å². The number of imide groups is 1. The van der Waals surface area contributed by atoms with E-state index in [-0.39, 0.29) is 24.2 Å². The molecule has 0 aromatic carbocycles. The van der Waals surface area contributed by atoms with E-state index in [1.54, 1.807) is 12.3 Å². The quantitative estimate of drug-likeness (QED) is 0.638. The molecule has 0 unspecified atom stereocenters. The summed E-state index contributed by atoms with van der Waals surface area (Å²) in [5.41, 5.74) is 1.28. The Morgan fingerprint density at radius 1 is 1.28 bits per heavy atom. The maximum absolute atomic E-state index is 13.1. The average molecular weight is 394 g/mol. The van der Waals surface area contributed by atoms with Crippen molar-refractivity contribution >= 4 is 17.7 Å². The fourth-order valence-electron chi connectivity index (χ4n) is 4.75. The van der Waals surface area contributed by atoms with Crippen LogP contribution in [0.25, 0.3) is 5.82 Å². The lowest BCUT2D eigenvalue weighted by molar-refractivity contribution is -0.133. The predicted octanol–water partition coefficient (Wildman–Crippen LogP) is 3.17. The zero-order chi connectivity index (χ0) is 20.8. The van der Waals surface area contributed by atoms with Crippen molar-refractivity contribution in [2.45, 2.75) is 52.0 Å². The largest absolute Gasteiger partial charge is 0.325 e. The molecule has 29 heavy (non-hydrogen) atoms. The zero-order valence-electron chi connectivity index (χ0n) is 17.1. The lowest BCUT2D eigenvalue weighted by atomic mass is 9.73. The summed E-state index contributed by atoms with van der Waals surface area (Å²) in [7, 11) is 0. The third-order valence-electron chi connectivity index (χ3n) is 6.41. The van der Waals surface area contributed by atoms with Gasteiger partial charge in [-0.05, 0) is 50.8 Å². The summed E-state index contributed by atoms with van der Waals surface area (Å²) >= 11 is 0. The molecule has 1 spiro atoms. The second kappa shape index (κ2) is 7.13. The molecule has 4 rings (SSSR count). The molecule has 2 aliphatic rings. The van der Waals surface area contributed by atoms with E-state index in [0.717, 1.165) is 41.4 Å². The normalized spacial score (nSPS) is 24.2. The van der Waals surface area contributed by atoms with Crippen LogP contribution in [-0.2, 0) is 4.79 Å². The summed E-state index contributed by atoms with van der Waals surface area (Å²) in [4.78, 5) is 44.2. The zero-order valence-corrected chi connectivity index (χ0v) is 17.1. The van der Waals surface area contributed by atoms with Gasteiger partial charge in [-0.1, -0.05) is 25.8 Å². The molecule has 1 saturated heterocycles. The second-order valence-corrected chi connectivity index (χ2v) is 8.17. The standard InChI is InChI=1S/C22H26N4O3/c1-14-8-4-6-10-22(14)20(28)25(21(29)24-22)13-18(27)17-12-15(2)26(16(17)3)19-9-5-7-11-23-19/h5,7,9,11-12,14H,4,6,8,10,13H2,1-3H3,(H,24,29)/t14-,22-/m1/s1. The molecule has 2 aromatic rings. The fraction of sp³-hybridized carbons (Fsp3) is 0.455. The molecule has 3 heterocycles. The first-order valence-corrected chi connectivity index (χ1v) is 10.1. The maximum atomic E-state index is 13.1. The first kappa shape index (κ1) is 19.4. The lowest BCUT2D eigenvalue weighted by Gasteiger charge is -2.36. The molecule has 0 bridgehead atoms. The minimum atomic E-state index is -0.847. The van der Waals surface area contributed by atoms with Crippen molar-refractivity contribution in [3.8, 4) is 5.82 Å². The van der Waals surface area contributed by atoms with Crippen LogP contribution < -0.4 is 5.32 Å². The van der Waals surface area contributed by atoms with E-state index in [1.165, 1.54) is 0 Å². The number of ketones is 1. The number of hydrogen-bond acceptors (Lipinski definition) is 4. The van der Waals surface area contributed by atoms with Crippen LogP contribution in [0.5, 0.6) is 0 Å². The van der Waals surface area contributed by atoms with E-state index < -0.39 is 11.6 Å². The molecule has 7 heteroatoms. The van der Waals surface area contributed by atoms with E-state index in [0.29, 0.717) is 12.0 Å². The number of carbonyl (C=O) groups excluding carboxylic acids is 3. The van der Waals surface area contributed by atoms with Crippen molar-refractivity contribution in [3.05, 3.63) is 47.4 Å². The number of nitrogens with one attached hydrogen (secondary N) is 1. The van der Waals surface area contributed by atoms with E-state index in [2.05, 4.69) is 10.3 Å². The SMILES string of the molecule is Cc1cc(C(=O)CN2C(=O)N[C@@]3(CCCC[C@H]3C)C2=O)c(C)n1-c1ccccn1. The Balaban J connectivity index is 1.59. The Morgan fingerprint density at radius 3 is 2.76 bits per heavy atom. The number of pyridine rings is 1. The van der Waals surface area contributed by atoms with Crippen LogP contribution in [0.3, 0.4) is 0 Å². The number of aryl methyl sites for hydroxylation is 1. The second-order valence-electron chi connectivity index (χ2n) is 8.17. The molecular formula is C22H26N4O3. The Labute approximate surface area is 170 Å². The molecule has 152 valence electrons. The molecule has 2 atom stereocenters.